The van der Waals surface area contributed by atoms with E-state index in [9.17, 15) is 23.5 Å². The van der Waals surface area contributed by atoms with Crippen LogP contribution in [0.25, 0.3) is 0 Å². The first-order valence-corrected chi connectivity index (χ1v) is 13.2. The predicted octanol–water partition coefficient (Wildman–Crippen LogP) is 5.56. The van der Waals surface area contributed by atoms with E-state index in [-0.39, 0.29) is 26.0 Å². The maximum Gasteiger partial charge on any atom is 0.305 e. The molecule has 3 aromatic rings. The van der Waals surface area contributed by atoms with E-state index in [2.05, 4.69) is 0 Å². The molecule has 1 aliphatic heterocycles. The van der Waals surface area contributed by atoms with Crippen molar-refractivity contribution in [2.24, 2.45) is 0 Å². The summed E-state index contributed by atoms with van der Waals surface area (Å²) in [6.07, 6.45) is -2.88. The van der Waals surface area contributed by atoms with Gasteiger partial charge in [-0.2, -0.15) is 0 Å². The Morgan fingerprint density at radius 1 is 1.02 bits per heavy atom. The minimum absolute atomic E-state index is 0.116. The van der Waals surface area contributed by atoms with Gasteiger partial charge in [-0.15, -0.1) is 0 Å². The highest BCUT2D eigenvalue weighted by Crippen LogP contribution is 2.43. The van der Waals surface area contributed by atoms with Crippen molar-refractivity contribution in [2.45, 2.75) is 63.0 Å². The first kappa shape index (κ1) is 27.6. The fourth-order valence-corrected chi connectivity index (χ4v) is 5.32. The Hall–Kier alpha value is -3.98. The zero-order chi connectivity index (χ0) is 28.3. The Labute approximate surface area is 231 Å². The van der Waals surface area contributed by atoms with Gasteiger partial charge in [-0.25, -0.2) is 8.78 Å². The number of carbonyl (C=O) groups is 2. The van der Waals surface area contributed by atoms with E-state index in [0.717, 1.165) is 16.7 Å². The molecule has 0 spiro atoms. The lowest BCUT2D eigenvalue weighted by Crippen LogP contribution is -2.49. The number of carboxylic acids is 1. The maximum atomic E-state index is 14.0. The van der Waals surface area contributed by atoms with Crippen LogP contribution in [0, 0.1) is 0 Å². The zero-order valence-electron chi connectivity index (χ0n) is 22.1. The summed E-state index contributed by atoms with van der Waals surface area (Å²) >= 11 is 0. The molecule has 40 heavy (non-hydrogen) atoms. The maximum absolute atomic E-state index is 14.0. The highest BCUT2D eigenvalue weighted by molar-refractivity contribution is 5.84. The van der Waals surface area contributed by atoms with Crippen molar-refractivity contribution in [3.8, 4) is 11.5 Å². The number of aliphatic carboxylic acids is 1. The summed E-state index contributed by atoms with van der Waals surface area (Å²) in [5.74, 6) is -3.29. The number of alkyl halides is 2. The normalized spacial score (nSPS) is 18.8. The first-order chi connectivity index (χ1) is 19.2. The van der Waals surface area contributed by atoms with Crippen molar-refractivity contribution in [1.82, 2.24) is 4.90 Å². The molecule has 1 fully saturated rings. The van der Waals surface area contributed by atoms with Crippen molar-refractivity contribution >= 4 is 11.9 Å². The molecule has 1 aliphatic carbocycles. The van der Waals surface area contributed by atoms with Crippen LogP contribution in [0.1, 0.15) is 47.6 Å². The number of amides is 1. The minimum atomic E-state index is -2.81. The van der Waals surface area contributed by atoms with Crippen LogP contribution in [0.4, 0.5) is 8.78 Å². The van der Waals surface area contributed by atoms with Crippen LogP contribution < -0.4 is 9.47 Å². The third-order valence-corrected chi connectivity index (χ3v) is 7.39. The zero-order valence-corrected chi connectivity index (χ0v) is 22.1. The van der Waals surface area contributed by atoms with Crippen LogP contribution in [-0.4, -0.2) is 47.1 Å². The first-order valence-electron chi connectivity index (χ1n) is 13.2. The summed E-state index contributed by atoms with van der Waals surface area (Å²) in [6.45, 7) is 0.404. The molecule has 1 saturated carbocycles. The van der Waals surface area contributed by atoms with Gasteiger partial charge in [0.25, 0.3) is 11.8 Å². The van der Waals surface area contributed by atoms with Gasteiger partial charge in [-0.05, 0) is 29.2 Å². The van der Waals surface area contributed by atoms with Gasteiger partial charge in [0.2, 0.25) is 0 Å². The van der Waals surface area contributed by atoms with E-state index in [4.69, 9.17) is 14.2 Å². The summed E-state index contributed by atoms with van der Waals surface area (Å²) in [5, 5.41) is 9.73. The average Bonchev–Trinajstić information content (AvgIpc) is 2.93. The smallest absolute Gasteiger partial charge is 0.305 e. The van der Waals surface area contributed by atoms with E-state index in [1.165, 1.54) is 12.0 Å². The minimum Gasteiger partial charge on any atom is -0.493 e. The van der Waals surface area contributed by atoms with Crippen molar-refractivity contribution in [2.75, 3.05) is 7.11 Å². The average molecular weight is 552 g/mol. The number of hydrogen-bond acceptors (Lipinski definition) is 5. The summed E-state index contributed by atoms with van der Waals surface area (Å²) in [7, 11) is 1.54. The fraction of sp³-hybridized carbons (Fsp3) is 0.355. The van der Waals surface area contributed by atoms with Crippen LogP contribution in [0.3, 0.4) is 0 Å². The second-order valence-electron chi connectivity index (χ2n) is 10.2. The van der Waals surface area contributed by atoms with E-state index >= 15 is 0 Å². The number of ether oxygens (including phenoxy) is 3. The topological polar surface area (TPSA) is 85.3 Å². The Balaban J connectivity index is 1.45. The summed E-state index contributed by atoms with van der Waals surface area (Å²) in [6, 6.07) is 21.2. The predicted molar refractivity (Wildman–Crippen MR) is 142 cm³/mol. The van der Waals surface area contributed by atoms with E-state index in [1.54, 1.807) is 36.4 Å². The second-order valence-corrected chi connectivity index (χ2v) is 10.2. The number of carbonyl (C=O) groups excluding carboxylic acids is 1. The molecule has 1 amide bonds. The molecule has 1 heterocycles. The molecule has 5 rings (SSSR count). The van der Waals surface area contributed by atoms with Gasteiger partial charge >= 0.3 is 5.97 Å². The van der Waals surface area contributed by atoms with Gasteiger partial charge in [-0.3, -0.25) is 9.59 Å². The molecule has 0 radical (unpaired) electrons. The molecule has 9 heteroatoms. The van der Waals surface area contributed by atoms with E-state index < -0.39 is 48.9 Å². The monoisotopic (exact) mass is 551 g/mol. The number of benzene rings is 3. The number of halogens is 2. The van der Waals surface area contributed by atoms with Crippen LogP contribution in [0.5, 0.6) is 11.5 Å². The van der Waals surface area contributed by atoms with Gasteiger partial charge in [0.15, 0.2) is 17.6 Å². The molecular weight excluding hydrogens is 520 g/mol. The lowest BCUT2D eigenvalue weighted by molar-refractivity contribution is -0.193. The molecule has 2 atom stereocenters. The van der Waals surface area contributed by atoms with Crippen molar-refractivity contribution < 1.29 is 37.7 Å². The Kier molecular flexibility index (Phi) is 8.02. The molecule has 0 bridgehead atoms. The quantitative estimate of drug-likeness (QED) is 0.355. The number of fused-ring (bicyclic) bond motifs is 1. The van der Waals surface area contributed by atoms with Crippen molar-refractivity contribution in [3.05, 3.63) is 95.1 Å². The molecule has 7 nitrogen and oxygen atoms in total. The van der Waals surface area contributed by atoms with Gasteiger partial charge in [0.1, 0.15) is 6.61 Å². The number of nitrogens with zero attached hydrogens (tertiary/aromatic N) is 1. The second kappa shape index (κ2) is 11.6. The van der Waals surface area contributed by atoms with Crippen LogP contribution in [-0.2, 0) is 33.9 Å². The molecule has 210 valence electrons. The molecule has 1 N–H and O–H groups in total. The van der Waals surface area contributed by atoms with Crippen LogP contribution in [0.2, 0.25) is 0 Å². The van der Waals surface area contributed by atoms with E-state index in [0.29, 0.717) is 17.1 Å². The molecule has 0 unspecified atom stereocenters. The number of methoxy groups -OCH3 is 1. The molecular formula is C31H31F2NO6. The standard InChI is InChI=1S/C31H31F2NO6/c1-38-26-13-12-22-18-34(30(37)28(21-10-6-3-7-11-21)40-24-16-31(32,33)17-24)23(15-27(35)36)14-25(22)29(26)39-19-20-8-4-2-5-9-20/h2-13,23-24,28H,14-19H2,1H3,(H,35,36)/t23-,28+/m1/s1. The summed E-state index contributed by atoms with van der Waals surface area (Å²) < 4.78 is 44.9. The van der Waals surface area contributed by atoms with Crippen molar-refractivity contribution in [3.63, 3.8) is 0 Å². The number of rotatable bonds is 10. The molecule has 0 saturated heterocycles. The lowest BCUT2D eigenvalue weighted by atomic mass is 9.89. The third-order valence-electron chi connectivity index (χ3n) is 7.39. The number of hydrogen-bond donors (Lipinski definition) is 1. The molecule has 0 aromatic heterocycles. The summed E-state index contributed by atoms with van der Waals surface area (Å²) in [4.78, 5) is 27.4. The SMILES string of the molecule is COc1ccc2c(c1OCc1ccccc1)C[C@H](CC(=O)O)N(C(=O)[C@@H](OC1CC(F)(F)C1)c1ccccc1)C2. The Bertz CT molecular complexity index is 1340. The largest absolute Gasteiger partial charge is 0.493 e. The molecule has 3 aromatic carbocycles. The van der Waals surface area contributed by atoms with Gasteiger partial charge in [-0.1, -0.05) is 66.7 Å². The fourth-order valence-electron chi connectivity index (χ4n) is 5.32. The lowest BCUT2D eigenvalue weighted by Gasteiger charge is -2.41. The van der Waals surface area contributed by atoms with Gasteiger partial charge in [0, 0.05) is 31.0 Å². The highest BCUT2D eigenvalue weighted by Gasteiger charge is 2.48. The number of carboxylic acid groups (broad SMARTS) is 1. The highest BCUT2D eigenvalue weighted by atomic mass is 19.3. The van der Waals surface area contributed by atoms with Crippen LogP contribution in [0.15, 0.2) is 72.8 Å². The van der Waals surface area contributed by atoms with Gasteiger partial charge in [0.05, 0.1) is 19.6 Å². The van der Waals surface area contributed by atoms with Crippen LogP contribution >= 0.6 is 0 Å². The van der Waals surface area contributed by atoms with Gasteiger partial charge < -0.3 is 24.2 Å². The van der Waals surface area contributed by atoms with Crippen molar-refractivity contribution in [1.29, 1.82) is 0 Å². The Morgan fingerprint density at radius 3 is 2.33 bits per heavy atom. The van der Waals surface area contributed by atoms with E-state index in [1.807, 2.05) is 36.4 Å². The third kappa shape index (κ3) is 6.09. The summed E-state index contributed by atoms with van der Waals surface area (Å²) in [5.41, 5.74) is 3.06. The Morgan fingerprint density at radius 2 is 1.70 bits per heavy atom. The molecule has 2 aliphatic rings.